The Hall–Kier alpha value is -3.53. The van der Waals surface area contributed by atoms with Crippen molar-refractivity contribution in [2.45, 2.75) is 45.8 Å². The normalized spacial score (nSPS) is 15.3. The fourth-order valence-electron chi connectivity index (χ4n) is 5.48. The lowest BCUT2D eigenvalue weighted by Crippen LogP contribution is -2.52. The van der Waals surface area contributed by atoms with E-state index in [2.05, 4.69) is 44.0 Å². The van der Waals surface area contributed by atoms with Gasteiger partial charge in [0.2, 0.25) is 0 Å². The zero-order chi connectivity index (χ0) is 30.3. The van der Waals surface area contributed by atoms with Crippen molar-refractivity contribution in [3.63, 3.8) is 0 Å². The first-order valence-corrected chi connectivity index (χ1v) is 14.5. The zero-order valence-corrected chi connectivity index (χ0v) is 25.3. The van der Waals surface area contributed by atoms with Gasteiger partial charge in [0.1, 0.15) is 11.6 Å². The second-order valence-corrected chi connectivity index (χ2v) is 11.9. The van der Waals surface area contributed by atoms with E-state index in [1.165, 1.54) is 12.1 Å². The van der Waals surface area contributed by atoms with Gasteiger partial charge in [0.25, 0.3) is 0 Å². The molecule has 0 saturated carbocycles. The summed E-state index contributed by atoms with van der Waals surface area (Å²) in [6, 6.07) is 14.0. The summed E-state index contributed by atoms with van der Waals surface area (Å²) in [7, 11) is 1.63. The number of nitrogens with two attached hydrogens (primary N) is 1. The first kappa shape index (κ1) is 31.4. The van der Waals surface area contributed by atoms with E-state index in [1.807, 2.05) is 34.2 Å². The van der Waals surface area contributed by atoms with Crippen LogP contribution in [0.5, 0.6) is 0 Å². The molecule has 0 radical (unpaired) electrons. The summed E-state index contributed by atoms with van der Waals surface area (Å²) in [5.41, 5.74) is 9.10. The number of ether oxygens (including phenoxy) is 2. The minimum Gasteiger partial charge on any atom is -0.383 e. The number of nitrogens with zero attached hydrogens (tertiary/aromatic N) is 4. The second kappa shape index (κ2) is 14.1. The number of benzene rings is 2. The van der Waals surface area contributed by atoms with Crippen molar-refractivity contribution < 1.29 is 18.7 Å². The SMILES string of the molecule is C=Cc1ccc(F)cc1-c1cn(Cc2ccccc2)c([C@H](N(CC[C@H](N)COC)C(=O)N2CCOCC2)C(C)(C)C)n1. The van der Waals surface area contributed by atoms with Crippen molar-refractivity contribution in [3.8, 4) is 11.3 Å². The lowest BCUT2D eigenvalue weighted by atomic mass is 9.84. The molecule has 1 aromatic heterocycles. The van der Waals surface area contributed by atoms with E-state index in [9.17, 15) is 9.18 Å². The summed E-state index contributed by atoms with van der Waals surface area (Å²) in [5.74, 6) is 0.376. The van der Waals surface area contributed by atoms with Crippen molar-refractivity contribution >= 4 is 12.1 Å². The highest BCUT2D eigenvalue weighted by Gasteiger charge is 2.40. The Bertz CT molecular complexity index is 1330. The number of aromatic nitrogens is 2. The maximum absolute atomic E-state index is 14.5. The summed E-state index contributed by atoms with van der Waals surface area (Å²) in [4.78, 5) is 23.2. The molecule has 1 aliphatic heterocycles. The van der Waals surface area contributed by atoms with E-state index in [-0.39, 0.29) is 17.9 Å². The predicted octanol–water partition coefficient (Wildman–Crippen LogP) is 5.59. The van der Waals surface area contributed by atoms with Crippen molar-refractivity contribution in [1.29, 1.82) is 0 Å². The van der Waals surface area contributed by atoms with E-state index < -0.39 is 11.5 Å². The smallest absolute Gasteiger partial charge is 0.320 e. The number of rotatable bonds is 11. The van der Waals surface area contributed by atoms with Crippen molar-refractivity contribution in [2.75, 3.05) is 46.6 Å². The monoisotopic (exact) mass is 577 g/mol. The van der Waals surface area contributed by atoms with E-state index in [0.29, 0.717) is 63.7 Å². The molecular formula is C33H44FN5O3. The molecule has 0 bridgehead atoms. The van der Waals surface area contributed by atoms with Gasteiger partial charge in [-0.25, -0.2) is 14.2 Å². The Kier molecular flexibility index (Phi) is 10.5. The molecule has 8 nitrogen and oxygen atoms in total. The van der Waals surface area contributed by atoms with Crippen LogP contribution in [-0.4, -0.2) is 78.0 Å². The minimum absolute atomic E-state index is 0.0730. The van der Waals surface area contributed by atoms with Gasteiger partial charge in [0.15, 0.2) is 0 Å². The van der Waals surface area contributed by atoms with Crippen molar-refractivity contribution in [3.05, 3.63) is 84.1 Å². The number of methoxy groups -OCH3 is 1. The number of carbonyl (C=O) groups is 1. The average molecular weight is 578 g/mol. The van der Waals surface area contributed by atoms with Gasteiger partial charge in [-0.2, -0.15) is 0 Å². The van der Waals surface area contributed by atoms with Gasteiger partial charge < -0.3 is 29.6 Å². The molecule has 1 saturated heterocycles. The predicted molar refractivity (Wildman–Crippen MR) is 164 cm³/mol. The molecule has 0 spiro atoms. The molecule has 226 valence electrons. The quantitative estimate of drug-likeness (QED) is 0.321. The number of hydrogen-bond acceptors (Lipinski definition) is 5. The van der Waals surface area contributed by atoms with Gasteiger partial charge in [-0.1, -0.05) is 69.8 Å². The first-order chi connectivity index (χ1) is 20.1. The molecule has 0 unspecified atom stereocenters. The lowest BCUT2D eigenvalue weighted by molar-refractivity contribution is 0.0272. The Balaban J connectivity index is 1.86. The standard InChI is InChI=1S/C33H44FN5O3/c1-6-25-12-13-26(34)20-28(25)29-22-38(21-24-10-8-7-9-11-24)31(36-29)30(33(2,3)4)39(15-14-27(35)23-41-5)32(40)37-16-18-42-19-17-37/h6-13,20,22,27,30H,1,14-19,21,23,35H2,2-5H3/t27-,30-/m0/s1. The molecular weight excluding hydrogens is 533 g/mol. The van der Waals surface area contributed by atoms with Crippen LogP contribution in [0.2, 0.25) is 0 Å². The second-order valence-electron chi connectivity index (χ2n) is 11.9. The van der Waals surface area contributed by atoms with Crippen molar-refractivity contribution in [2.24, 2.45) is 11.1 Å². The van der Waals surface area contributed by atoms with Gasteiger partial charge in [-0.15, -0.1) is 0 Å². The largest absolute Gasteiger partial charge is 0.383 e. The van der Waals surface area contributed by atoms with Crippen LogP contribution in [0.25, 0.3) is 17.3 Å². The van der Waals surface area contributed by atoms with Gasteiger partial charge in [0.05, 0.1) is 31.6 Å². The average Bonchev–Trinajstić information content (AvgIpc) is 3.37. The molecule has 2 amide bonds. The number of urea groups is 1. The number of carbonyl (C=O) groups excluding carboxylic acids is 1. The van der Waals surface area contributed by atoms with Gasteiger partial charge >= 0.3 is 6.03 Å². The molecule has 42 heavy (non-hydrogen) atoms. The van der Waals surface area contributed by atoms with Crippen LogP contribution in [0.3, 0.4) is 0 Å². The third-order valence-corrected chi connectivity index (χ3v) is 7.54. The first-order valence-electron chi connectivity index (χ1n) is 14.5. The van der Waals surface area contributed by atoms with Crippen LogP contribution < -0.4 is 5.73 Å². The van der Waals surface area contributed by atoms with Crippen LogP contribution in [0.4, 0.5) is 9.18 Å². The number of imidazole rings is 1. The molecule has 4 rings (SSSR count). The molecule has 1 aliphatic rings. The summed E-state index contributed by atoms with van der Waals surface area (Å²) in [6.07, 6.45) is 4.22. The van der Waals surface area contributed by atoms with Crippen molar-refractivity contribution in [1.82, 2.24) is 19.4 Å². The van der Waals surface area contributed by atoms with Crippen LogP contribution in [-0.2, 0) is 16.0 Å². The zero-order valence-electron chi connectivity index (χ0n) is 25.3. The van der Waals surface area contributed by atoms with Crippen LogP contribution in [0.15, 0.2) is 61.3 Å². The highest BCUT2D eigenvalue weighted by atomic mass is 19.1. The molecule has 2 N–H and O–H groups in total. The maximum Gasteiger partial charge on any atom is 0.320 e. The van der Waals surface area contributed by atoms with E-state index in [4.69, 9.17) is 20.2 Å². The van der Waals surface area contributed by atoms with E-state index in [1.54, 1.807) is 19.3 Å². The summed E-state index contributed by atoms with van der Waals surface area (Å²) >= 11 is 0. The van der Waals surface area contributed by atoms with Gasteiger partial charge in [0, 0.05) is 51.1 Å². The minimum atomic E-state index is -0.416. The Morgan fingerprint density at radius 2 is 1.93 bits per heavy atom. The number of hydrogen-bond donors (Lipinski definition) is 1. The van der Waals surface area contributed by atoms with Crippen LogP contribution in [0, 0.1) is 11.2 Å². The summed E-state index contributed by atoms with van der Waals surface area (Å²) in [6.45, 7) is 13.7. The third kappa shape index (κ3) is 7.65. The molecule has 1 fully saturated rings. The highest BCUT2D eigenvalue weighted by molar-refractivity contribution is 5.76. The number of halogens is 1. The fraction of sp³-hybridized carbons (Fsp3) is 0.455. The summed E-state index contributed by atoms with van der Waals surface area (Å²) in [5, 5.41) is 0. The van der Waals surface area contributed by atoms with Gasteiger partial charge in [-0.3, -0.25) is 0 Å². The Morgan fingerprint density at radius 1 is 1.21 bits per heavy atom. The molecule has 0 aliphatic carbocycles. The highest BCUT2D eigenvalue weighted by Crippen LogP contribution is 2.40. The third-order valence-electron chi connectivity index (χ3n) is 7.54. The molecule has 2 aromatic carbocycles. The summed E-state index contributed by atoms with van der Waals surface area (Å²) < 4.78 is 27.4. The molecule has 3 aromatic rings. The van der Waals surface area contributed by atoms with E-state index >= 15 is 0 Å². The molecule has 9 heteroatoms. The molecule has 2 heterocycles. The topological polar surface area (TPSA) is 85.9 Å². The maximum atomic E-state index is 14.5. The lowest BCUT2D eigenvalue weighted by Gasteiger charge is -2.43. The van der Waals surface area contributed by atoms with Crippen LogP contribution >= 0.6 is 0 Å². The fourth-order valence-corrected chi connectivity index (χ4v) is 5.48. The number of morpholine rings is 1. The van der Waals surface area contributed by atoms with Crippen LogP contribution in [0.1, 0.15) is 50.2 Å². The molecule has 2 atom stereocenters. The Morgan fingerprint density at radius 3 is 2.57 bits per heavy atom. The Labute approximate surface area is 248 Å². The van der Waals surface area contributed by atoms with E-state index in [0.717, 1.165) is 17.0 Å². The number of amides is 2. The van der Waals surface area contributed by atoms with Gasteiger partial charge in [-0.05, 0) is 35.1 Å².